The number of hydrogen-bond acceptors (Lipinski definition) is 2. The number of phenols is 2. The van der Waals surface area contributed by atoms with Crippen LogP contribution in [-0.4, -0.2) is 10.2 Å². The molecule has 0 aliphatic rings. The Morgan fingerprint density at radius 3 is 1.21 bits per heavy atom. The van der Waals surface area contributed by atoms with E-state index in [-0.39, 0.29) is 0 Å². The molecule has 2 aromatic carbocycles. The number of aryl methyl sites for hydroxylation is 2. The third-order valence-electron chi connectivity index (χ3n) is 7.66. The van der Waals surface area contributed by atoms with Crippen molar-refractivity contribution in [3.8, 4) is 11.5 Å². The first kappa shape index (κ1) is 34.1. The molecule has 0 aromatic heterocycles. The van der Waals surface area contributed by atoms with Gasteiger partial charge < -0.3 is 10.2 Å². The Labute approximate surface area is 236 Å². The minimum atomic E-state index is 0.483. The van der Waals surface area contributed by atoms with Gasteiger partial charge in [0.2, 0.25) is 0 Å². The Bertz CT molecular complexity index is 826. The summed E-state index contributed by atoms with van der Waals surface area (Å²) in [4.78, 5) is 0. The van der Waals surface area contributed by atoms with Crippen LogP contribution in [0, 0.1) is 0 Å². The van der Waals surface area contributed by atoms with Gasteiger partial charge in [0.1, 0.15) is 11.5 Å². The smallest absolute Gasteiger partial charge is 0.119 e. The first-order chi connectivity index (χ1) is 18.6. The van der Waals surface area contributed by atoms with Crippen LogP contribution in [0.15, 0.2) is 36.4 Å². The van der Waals surface area contributed by atoms with Crippen LogP contribution < -0.4 is 0 Å². The van der Waals surface area contributed by atoms with Gasteiger partial charge in [-0.2, -0.15) is 0 Å². The summed E-state index contributed by atoms with van der Waals surface area (Å²) in [6.45, 7) is 8.91. The maximum atomic E-state index is 10.2. The van der Waals surface area contributed by atoms with Gasteiger partial charge in [-0.05, 0) is 85.8 Å². The molecule has 0 bridgehead atoms. The summed E-state index contributed by atoms with van der Waals surface area (Å²) in [5, 5.41) is 20.0. The summed E-state index contributed by atoms with van der Waals surface area (Å²) in [5.74, 6) is 0.999. The van der Waals surface area contributed by atoms with Crippen LogP contribution in [0.5, 0.6) is 11.5 Å². The Balaban J connectivity index is 0.000000415. The van der Waals surface area contributed by atoms with Crippen molar-refractivity contribution in [3.05, 3.63) is 58.7 Å². The minimum Gasteiger partial charge on any atom is -0.508 e. The Hall–Kier alpha value is -1.96. The molecule has 0 radical (unpaired) electrons. The summed E-state index contributed by atoms with van der Waals surface area (Å²) in [6.07, 6.45) is 25.0. The van der Waals surface area contributed by atoms with E-state index < -0.39 is 0 Å². The van der Waals surface area contributed by atoms with E-state index in [9.17, 15) is 10.2 Å². The molecular formula is C36H60O2. The van der Waals surface area contributed by atoms with E-state index in [2.05, 4.69) is 39.8 Å². The zero-order valence-electron chi connectivity index (χ0n) is 25.5. The summed E-state index contributed by atoms with van der Waals surface area (Å²) in [7, 11) is 0. The summed E-state index contributed by atoms with van der Waals surface area (Å²) < 4.78 is 0. The van der Waals surface area contributed by atoms with Gasteiger partial charge in [0.25, 0.3) is 0 Å². The van der Waals surface area contributed by atoms with Crippen molar-refractivity contribution in [1.82, 2.24) is 0 Å². The minimum absolute atomic E-state index is 0.483. The van der Waals surface area contributed by atoms with E-state index in [0.29, 0.717) is 11.5 Å². The summed E-state index contributed by atoms with van der Waals surface area (Å²) in [6, 6.07) is 12.0. The Morgan fingerprint density at radius 1 is 0.395 bits per heavy atom. The van der Waals surface area contributed by atoms with Crippen LogP contribution in [0.1, 0.15) is 153 Å². The molecule has 0 aliphatic heterocycles. The number of aromatic hydroxyl groups is 2. The van der Waals surface area contributed by atoms with Gasteiger partial charge >= 0.3 is 0 Å². The molecule has 2 aromatic rings. The van der Waals surface area contributed by atoms with Crippen molar-refractivity contribution in [2.45, 2.75) is 156 Å². The van der Waals surface area contributed by atoms with Gasteiger partial charge in [-0.15, -0.1) is 0 Å². The summed E-state index contributed by atoms with van der Waals surface area (Å²) in [5.41, 5.74) is 5.11. The van der Waals surface area contributed by atoms with Gasteiger partial charge in [-0.3, -0.25) is 0 Å². The lowest BCUT2D eigenvalue weighted by molar-refractivity contribution is 0.464. The zero-order valence-corrected chi connectivity index (χ0v) is 25.5. The second-order valence-corrected chi connectivity index (χ2v) is 11.1. The number of rotatable bonds is 20. The molecule has 0 atom stereocenters. The standard InChI is InChI=1S/C22H38O.C14H22O/c1-3-5-7-9-11-13-16-20-17-15-19-22(23)21(20)18-14-12-10-8-6-4-2;1-3-5-8-12-9-7-11-14(15)13(12)10-6-4-2/h15,17,19,23H,3-14,16,18H2,1-2H3;7,9,11,15H,3-6,8,10H2,1-2H3. The van der Waals surface area contributed by atoms with E-state index in [4.69, 9.17) is 0 Å². The molecule has 216 valence electrons. The SMILES string of the molecule is CCCCCCCCc1cccc(O)c1CCCCCCCC.CCCCc1cccc(O)c1CCCC. The fourth-order valence-electron chi connectivity index (χ4n) is 5.19. The maximum absolute atomic E-state index is 10.2. The molecule has 0 heterocycles. The second-order valence-electron chi connectivity index (χ2n) is 11.1. The van der Waals surface area contributed by atoms with Gasteiger partial charge in [-0.25, -0.2) is 0 Å². The monoisotopic (exact) mass is 524 g/mol. The van der Waals surface area contributed by atoms with Gasteiger partial charge in [0.15, 0.2) is 0 Å². The lowest BCUT2D eigenvalue weighted by Gasteiger charge is -2.12. The molecule has 0 amide bonds. The highest BCUT2D eigenvalue weighted by Gasteiger charge is 2.08. The molecule has 0 unspecified atom stereocenters. The lowest BCUT2D eigenvalue weighted by atomic mass is 9.95. The molecule has 0 saturated carbocycles. The highest BCUT2D eigenvalue weighted by atomic mass is 16.3. The fraction of sp³-hybridized carbons (Fsp3) is 0.667. The average molecular weight is 525 g/mol. The topological polar surface area (TPSA) is 40.5 Å². The third kappa shape index (κ3) is 14.8. The molecular weight excluding hydrogens is 464 g/mol. The predicted molar refractivity (Wildman–Crippen MR) is 168 cm³/mol. The van der Waals surface area contributed by atoms with Crippen LogP contribution >= 0.6 is 0 Å². The van der Waals surface area contributed by atoms with Crippen LogP contribution in [0.2, 0.25) is 0 Å². The third-order valence-corrected chi connectivity index (χ3v) is 7.66. The molecule has 2 rings (SSSR count). The molecule has 0 aliphatic carbocycles. The predicted octanol–water partition coefficient (Wildman–Crippen LogP) is 11.3. The molecule has 2 heteroatoms. The van der Waals surface area contributed by atoms with E-state index in [1.165, 1.54) is 119 Å². The van der Waals surface area contributed by atoms with Crippen molar-refractivity contribution in [2.24, 2.45) is 0 Å². The highest BCUT2D eigenvalue weighted by Crippen LogP contribution is 2.26. The molecule has 0 spiro atoms. The van der Waals surface area contributed by atoms with Gasteiger partial charge in [0.05, 0.1) is 0 Å². The highest BCUT2D eigenvalue weighted by molar-refractivity contribution is 5.40. The lowest BCUT2D eigenvalue weighted by Crippen LogP contribution is -1.96. The van der Waals surface area contributed by atoms with Crippen LogP contribution in [-0.2, 0) is 25.7 Å². The fourth-order valence-corrected chi connectivity index (χ4v) is 5.19. The molecule has 2 N–H and O–H groups in total. The first-order valence-electron chi connectivity index (χ1n) is 16.2. The second kappa shape index (κ2) is 23.0. The van der Waals surface area contributed by atoms with Crippen molar-refractivity contribution in [1.29, 1.82) is 0 Å². The Morgan fingerprint density at radius 2 is 0.737 bits per heavy atom. The molecule has 0 saturated heterocycles. The van der Waals surface area contributed by atoms with Crippen LogP contribution in [0.3, 0.4) is 0 Å². The average Bonchev–Trinajstić information content (AvgIpc) is 2.92. The Kier molecular flexibility index (Phi) is 20.6. The van der Waals surface area contributed by atoms with Crippen molar-refractivity contribution in [3.63, 3.8) is 0 Å². The number of phenolic OH excluding ortho intramolecular Hbond substituents is 2. The number of benzene rings is 2. The maximum Gasteiger partial charge on any atom is 0.119 e. The van der Waals surface area contributed by atoms with Crippen molar-refractivity contribution >= 4 is 0 Å². The van der Waals surface area contributed by atoms with Gasteiger partial charge in [-0.1, -0.05) is 129 Å². The number of unbranched alkanes of at least 4 members (excludes halogenated alkanes) is 12. The van der Waals surface area contributed by atoms with Crippen molar-refractivity contribution < 1.29 is 10.2 Å². The molecule has 2 nitrogen and oxygen atoms in total. The van der Waals surface area contributed by atoms with E-state index in [1.807, 2.05) is 18.2 Å². The zero-order chi connectivity index (χ0) is 27.8. The van der Waals surface area contributed by atoms with E-state index >= 15 is 0 Å². The largest absolute Gasteiger partial charge is 0.508 e. The van der Waals surface area contributed by atoms with Gasteiger partial charge in [0, 0.05) is 0 Å². The normalized spacial score (nSPS) is 10.8. The van der Waals surface area contributed by atoms with E-state index in [0.717, 1.165) is 32.1 Å². The van der Waals surface area contributed by atoms with Crippen molar-refractivity contribution in [2.75, 3.05) is 0 Å². The quantitative estimate of drug-likeness (QED) is 0.169. The number of hydrogen-bond donors (Lipinski definition) is 2. The molecule has 38 heavy (non-hydrogen) atoms. The van der Waals surface area contributed by atoms with Crippen LogP contribution in [0.25, 0.3) is 0 Å². The first-order valence-corrected chi connectivity index (χ1v) is 16.2. The van der Waals surface area contributed by atoms with E-state index in [1.54, 1.807) is 6.07 Å². The van der Waals surface area contributed by atoms with Crippen LogP contribution in [0.4, 0.5) is 0 Å². The summed E-state index contributed by atoms with van der Waals surface area (Å²) >= 11 is 0. The molecule has 0 fully saturated rings.